The molecule has 0 aromatic heterocycles. The first-order valence-corrected chi connectivity index (χ1v) is 5.56. The summed E-state index contributed by atoms with van der Waals surface area (Å²) in [4.78, 5) is 10.8. The highest BCUT2D eigenvalue weighted by Crippen LogP contribution is 2.14. The Morgan fingerprint density at radius 1 is 1.19 bits per heavy atom. The Labute approximate surface area is 96.5 Å². The van der Waals surface area contributed by atoms with Crippen molar-refractivity contribution in [1.29, 1.82) is 0 Å². The summed E-state index contributed by atoms with van der Waals surface area (Å²) < 4.78 is 0. The SMILES string of the molecule is CC(NC(C)C(C)C(=O)O)c1ccccc1. The second kappa shape index (κ2) is 5.66. The highest BCUT2D eigenvalue weighted by Gasteiger charge is 2.20. The summed E-state index contributed by atoms with van der Waals surface area (Å²) in [6.07, 6.45) is 0. The number of rotatable bonds is 5. The minimum atomic E-state index is -0.764. The second-order valence-electron chi connectivity index (χ2n) is 4.21. The molecule has 3 heteroatoms. The van der Waals surface area contributed by atoms with Crippen molar-refractivity contribution in [2.75, 3.05) is 0 Å². The molecule has 0 aliphatic heterocycles. The smallest absolute Gasteiger partial charge is 0.307 e. The van der Waals surface area contributed by atoms with Crippen LogP contribution in [0, 0.1) is 5.92 Å². The van der Waals surface area contributed by atoms with E-state index in [0.717, 1.165) is 0 Å². The summed E-state index contributed by atoms with van der Waals surface area (Å²) in [7, 11) is 0. The van der Waals surface area contributed by atoms with Gasteiger partial charge in [-0.15, -0.1) is 0 Å². The fourth-order valence-electron chi connectivity index (χ4n) is 1.59. The van der Waals surface area contributed by atoms with E-state index in [0.29, 0.717) is 0 Å². The van der Waals surface area contributed by atoms with Crippen LogP contribution in [0.15, 0.2) is 30.3 Å². The van der Waals surface area contributed by atoms with Gasteiger partial charge in [-0.2, -0.15) is 0 Å². The molecule has 0 aliphatic carbocycles. The first kappa shape index (κ1) is 12.7. The number of carboxylic acids is 1. The third kappa shape index (κ3) is 3.35. The van der Waals surface area contributed by atoms with E-state index < -0.39 is 5.97 Å². The molecule has 0 amide bonds. The van der Waals surface area contributed by atoms with Crippen LogP contribution in [-0.4, -0.2) is 17.1 Å². The molecule has 2 N–H and O–H groups in total. The van der Waals surface area contributed by atoms with Crippen molar-refractivity contribution in [1.82, 2.24) is 5.32 Å². The first-order valence-electron chi connectivity index (χ1n) is 5.56. The van der Waals surface area contributed by atoms with Gasteiger partial charge < -0.3 is 10.4 Å². The number of nitrogens with one attached hydrogen (secondary N) is 1. The molecule has 88 valence electrons. The Balaban J connectivity index is 2.58. The number of hydrogen-bond acceptors (Lipinski definition) is 2. The second-order valence-corrected chi connectivity index (χ2v) is 4.21. The topological polar surface area (TPSA) is 49.3 Å². The van der Waals surface area contributed by atoms with Crippen LogP contribution in [-0.2, 0) is 4.79 Å². The molecule has 0 aliphatic rings. The summed E-state index contributed by atoms with van der Waals surface area (Å²) in [6, 6.07) is 10.1. The Bertz CT molecular complexity index is 337. The van der Waals surface area contributed by atoms with Crippen LogP contribution in [0.25, 0.3) is 0 Å². The number of benzene rings is 1. The first-order chi connectivity index (χ1) is 7.52. The van der Waals surface area contributed by atoms with Crippen molar-refractivity contribution in [3.05, 3.63) is 35.9 Å². The molecule has 0 saturated carbocycles. The van der Waals surface area contributed by atoms with Gasteiger partial charge in [-0.05, 0) is 19.4 Å². The highest BCUT2D eigenvalue weighted by molar-refractivity contribution is 5.70. The minimum Gasteiger partial charge on any atom is -0.481 e. The third-order valence-corrected chi connectivity index (χ3v) is 2.95. The van der Waals surface area contributed by atoms with Crippen LogP contribution < -0.4 is 5.32 Å². The van der Waals surface area contributed by atoms with Crippen molar-refractivity contribution in [2.45, 2.75) is 32.9 Å². The maximum absolute atomic E-state index is 10.8. The van der Waals surface area contributed by atoms with Gasteiger partial charge >= 0.3 is 5.97 Å². The Morgan fingerprint density at radius 3 is 2.25 bits per heavy atom. The molecule has 1 aromatic carbocycles. The predicted molar refractivity (Wildman–Crippen MR) is 64.3 cm³/mol. The monoisotopic (exact) mass is 221 g/mol. The summed E-state index contributed by atoms with van der Waals surface area (Å²) in [5.74, 6) is -1.15. The van der Waals surface area contributed by atoms with E-state index in [1.807, 2.05) is 44.2 Å². The Hall–Kier alpha value is -1.35. The van der Waals surface area contributed by atoms with E-state index in [4.69, 9.17) is 5.11 Å². The highest BCUT2D eigenvalue weighted by atomic mass is 16.4. The summed E-state index contributed by atoms with van der Waals surface area (Å²) in [5, 5.41) is 12.2. The maximum Gasteiger partial charge on any atom is 0.307 e. The lowest BCUT2D eigenvalue weighted by Crippen LogP contribution is -2.37. The Morgan fingerprint density at radius 2 is 1.75 bits per heavy atom. The van der Waals surface area contributed by atoms with Gasteiger partial charge in [-0.25, -0.2) is 0 Å². The molecule has 16 heavy (non-hydrogen) atoms. The van der Waals surface area contributed by atoms with Gasteiger partial charge in [0.1, 0.15) is 0 Å². The number of aliphatic carboxylic acids is 1. The zero-order chi connectivity index (χ0) is 12.1. The normalized spacial score (nSPS) is 16.4. The van der Waals surface area contributed by atoms with Crippen molar-refractivity contribution >= 4 is 5.97 Å². The van der Waals surface area contributed by atoms with E-state index >= 15 is 0 Å². The fourth-order valence-corrected chi connectivity index (χ4v) is 1.59. The molecule has 1 rings (SSSR count). The quantitative estimate of drug-likeness (QED) is 0.803. The van der Waals surface area contributed by atoms with Crippen molar-refractivity contribution in [2.24, 2.45) is 5.92 Å². The molecule has 0 spiro atoms. The van der Waals surface area contributed by atoms with Crippen LogP contribution in [0.5, 0.6) is 0 Å². The van der Waals surface area contributed by atoms with Gasteiger partial charge in [-0.3, -0.25) is 4.79 Å². The molecule has 0 fully saturated rings. The van der Waals surface area contributed by atoms with Gasteiger partial charge in [0.05, 0.1) is 5.92 Å². The molecule has 1 aromatic rings. The van der Waals surface area contributed by atoms with Gasteiger partial charge in [0, 0.05) is 12.1 Å². The number of carbonyl (C=O) groups is 1. The largest absolute Gasteiger partial charge is 0.481 e. The lowest BCUT2D eigenvalue weighted by molar-refractivity contribution is -0.142. The average Bonchev–Trinajstić information content (AvgIpc) is 2.28. The maximum atomic E-state index is 10.8. The molecular weight excluding hydrogens is 202 g/mol. The van der Waals surface area contributed by atoms with E-state index in [2.05, 4.69) is 5.32 Å². The van der Waals surface area contributed by atoms with Crippen LogP contribution >= 0.6 is 0 Å². The van der Waals surface area contributed by atoms with Gasteiger partial charge in [0.15, 0.2) is 0 Å². The summed E-state index contributed by atoms with van der Waals surface area (Å²) in [5.41, 5.74) is 1.17. The molecule has 3 nitrogen and oxygen atoms in total. The minimum absolute atomic E-state index is 0.0484. The van der Waals surface area contributed by atoms with Gasteiger partial charge in [0.2, 0.25) is 0 Å². The standard InChI is InChI=1S/C13H19NO2/c1-9(13(15)16)10(2)14-11(3)12-7-5-4-6-8-12/h4-11,14H,1-3H3,(H,15,16). The van der Waals surface area contributed by atoms with Crippen molar-refractivity contribution < 1.29 is 9.90 Å². The fraction of sp³-hybridized carbons (Fsp3) is 0.462. The molecular formula is C13H19NO2. The zero-order valence-corrected chi connectivity index (χ0v) is 9.97. The van der Waals surface area contributed by atoms with Crippen LogP contribution in [0.2, 0.25) is 0 Å². The molecule has 0 radical (unpaired) electrons. The summed E-state index contributed by atoms with van der Waals surface area (Å²) >= 11 is 0. The lowest BCUT2D eigenvalue weighted by atomic mass is 10.0. The molecule has 0 heterocycles. The van der Waals surface area contributed by atoms with Crippen LogP contribution in [0.4, 0.5) is 0 Å². The van der Waals surface area contributed by atoms with E-state index in [1.54, 1.807) is 6.92 Å². The number of carboxylic acid groups (broad SMARTS) is 1. The number of hydrogen-bond donors (Lipinski definition) is 2. The van der Waals surface area contributed by atoms with Gasteiger partial charge in [-0.1, -0.05) is 37.3 Å². The van der Waals surface area contributed by atoms with Crippen LogP contribution in [0.3, 0.4) is 0 Å². The van der Waals surface area contributed by atoms with E-state index in [9.17, 15) is 4.79 Å². The summed E-state index contributed by atoms with van der Waals surface area (Å²) in [6.45, 7) is 5.66. The molecule has 3 unspecified atom stereocenters. The van der Waals surface area contributed by atoms with Crippen molar-refractivity contribution in [3.8, 4) is 0 Å². The molecule has 0 saturated heterocycles. The van der Waals surface area contributed by atoms with E-state index in [-0.39, 0.29) is 18.0 Å². The Kier molecular flexibility index (Phi) is 4.50. The van der Waals surface area contributed by atoms with Gasteiger partial charge in [0.25, 0.3) is 0 Å². The lowest BCUT2D eigenvalue weighted by Gasteiger charge is -2.23. The van der Waals surface area contributed by atoms with Crippen LogP contribution in [0.1, 0.15) is 32.4 Å². The molecule has 3 atom stereocenters. The molecule has 0 bridgehead atoms. The van der Waals surface area contributed by atoms with Crippen molar-refractivity contribution in [3.63, 3.8) is 0 Å². The van der Waals surface area contributed by atoms with E-state index in [1.165, 1.54) is 5.56 Å². The zero-order valence-electron chi connectivity index (χ0n) is 9.97. The predicted octanol–water partition coefficient (Wildman–Crippen LogP) is 2.45. The third-order valence-electron chi connectivity index (χ3n) is 2.95. The average molecular weight is 221 g/mol.